The van der Waals surface area contributed by atoms with E-state index in [1.807, 2.05) is 24.3 Å². The molecular weight excluding hydrogens is 342 g/mol. The summed E-state index contributed by atoms with van der Waals surface area (Å²) in [6, 6.07) is 8.12. The molecule has 0 atom stereocenters. The van der Waals surface area contributed by atoms with Crippen LogP contribution >= 0.6 is 0 Å². The van der Waals surface area contributed by atoms with Crippen molar-refractivity contribution in [3.8, 4) is 5.75 Å². The molecule has 4 rings (SSSR count). The number of benzene rings is 1. The fraction of sp³-hybridized carbons (Fsp3) is 0.524. The van der Waals surface area contributed by atoms with Crippen molar-refractivity contribution >= 4 is 5.91 Å². The summed E-state index contributed by atoms with van der Waals surface area (Å²) in [5.41, 5.74) is 4.38. The van der Waals surface area contributed by atoms with Crippen molar-refractivity contribution < 1.29 is 14.3 Å². The largest absolute Gasteiger partial charge is 0.497 e. The number of nitrogens with zero attached hydrogens (tertiary/aromatic N) is 2. The fourth-order valence-corrected chi connectivity index (χ4v) is 4.14. The Labute approximate surface area is 159 Å². The zero-order chi connectivity index (χ0) is 18.6. The molecule has 1 amide bonds. The predicted molar refractivity (Wildman–Crippen MR) is 102 cm³/mol. The number of ether oxygens (including phenoxy) is 2. The van der Waals surface area contributed by atoms with E-state index in [-0.39, 0.29) is 5.91 Å². The van der Waals surface area contributed by atoms with Crippen molar-refractivity contribution in [1.29, 1.82) is 0 Å². The van der Waals surface area contributed by atoms with Gasteiger partial charge in [0, 0.05) is 17.7 Å². The van der Waals surface area contributed by atoms with Crippen molar-refractivity contribution in [1.82, 2.24) is 15.1 Å². The lowest BCUT2D eigenvalue weighted by atomic mass is 10.1. The topological polar surface area (TPSA) is 65.4 Å². The molecule has 0 unspecified atom stereocenters. The maximum atomic E-state index is 12.4. The summed E-state index contributed by atoms with van der Waals surface area (Å²) < 4.78 is 13.1. The highest BCUT2D eigenvalue weighted by Gasteiger charge is 2.27. The first-order chi connectivity index (χ1) is 13.2. The Morgan fingerprint density at radius 3 is 3.04 bits per heavy atom. The molecule has 1 fully saturated rings. The number of fused-ring (bicyclic) bond motifs is 1. The number of carbonyl (C=O) groups excluding carboxylic acids is 1. The van der Waals surface area contributed by atoms with Crippen LogP contribution in [0.5, 0.6) is 5.75 Å². The molecule has 0 bridgehead atoms. The van der Waals surface area contributed by atoms with E-state index in [1.165, 1.54) is 36.9 Å². The van der Waals surface area contributed by atoms with Crippen LogP contribution in [-0.4, -0.2) is 29.4 Å². The second-order valence-electron chi connectivity index (χ2n) is 7.36. The zero-order valence-electron chi connectivity index (χ0n) is 15.9. The van der Waals surface area contributed by atoms with Gasteiger partial charge >= 0.3 is 0 Å². The molecule has 1 aliphatic heterocycles. The maximum absolute atomic E-state index is 12.4. The van der Waals surface area contributed by atoms with Crippen LogP contribution in [0.4, 0.5) is 0 Å². The number of methoxy groups -OCH3 is 1. The zero-order valence-corrected chi connectivity index (χ0v) is 15.9. The third-order valence-corrected chi connectivity index (χ3v) is 5.55. The van der Waals surface area contributed by atoms with Crippen molar-refractivity contribution in [2.75, 3.05) is 13.7 Å². The van der Waals surface area contributed by atoms with Gasteiger partial charge in [0.2, 0.25) is 5.91 Å². The molecular formula is C21H27N3O3. The number of rotatable bonds is 6. The monoisotopic (exact) mass is 369 g/mol. The Hall–Kier alpha value is -2.34. The van der Waals surface area contributed by atoms with E-state index in [2.05, 4.69) is 10.00 Å². The summed E-state index contributed by atoms with van der Waals surface area (Å²) in [5, 5.41) is 7.91. The quantitative estimate of drug-likeness (QED) is 0.850. The number of amides is 1. The predicted octanol–water partition coefficient (Wildman–Crippen LogP) is 2.94. The Bertz CT molecular complexity index is 809. The van der Waals surface area contributed by atoms with Crippen LogP contribution in [0, 0.1) is 0 Å². The van der Waals surface area contributed by atoms with Gasteiger partial charge in [-0.15, -0.1) is 0 Å². The maximum Gasteiger partial charge on any atom is 0.224 e. The SMILES string of the molecule is COc1cccc(CC(=O)NCc2nn(C3CCCC3)c3c2COCC3)c1. The van der Waals surface area contributed by atoms with Crippen LogP contribution < -0.4 is 10.1 Å². The van der Waals surface area contributed by atoms with Gasteiger partial charge in [0.25, 0.3) is 0 Å². The van der Waals surface area contributed by atoms with Crippen LogP contribution in [-0.2, 0) is 35.5 Å². The van der Waals surface area contributed by atoms with Crippen LogP contribution in [0.3, 0.4) is 0 Å². The number of hydrogen-bond acceptors (Lipinski definition) is 4. The highest BCUT2D eigenvalue weighted by Crippen LogP contribution is 2.33. The molecule has 2 aromatic rings. The second-order valence-corrected chi connectivity index (χ2v) is 7.36. The first-order valence-electron chi connectivity index (χ1n) is 9.81. The molecule has 27 heavy (non-hydrogen) atoms. The van der Waals surface area contributed by atoms with Crippen molar-refractivity contribution in [3.05, 3.63) is 46.8 Å². The Balaban J connectivity index is 1.43. The van der Waals surface area contributed by atoms with Gasteiger partial charge in [0.1, 0.15) is 5.75 Å². The standard InChI is InChI=1S/C21H27N3O3/c1-26-17-8-4-5-15(11-17)12-21(25)22-13-19-18-14-27-10-9-20(18)24(23-19)16-6-2-3-7-16/h4-5,8,11,16H,2-3,6-7,9-10,12-14H2,1H3,(H,22,25). The molecule has 0 radical (unpaired) electrons. The number of carbonyl (C=O) groups is 1. The van der Waals surface area contributed by atoms with Crippen LogP contribution in [0.25, 0.3) is 0 Å². The highest BCUT2D eigenvalue weighted by molar-refractivity contribution is 5.78. The van der Waals surface area contributed by atoms with Gasteiger partial charge in [-0.1, -0.05) is 25.0 Å². The molecule has 1 aromatic carbocycles. The molecule has 1 N–H and O–H groups in total. The second kappa shape index (κ2) is 8.13. The van der Waals surface area contributed by atoms with E-state index >= 15 is 0 Å². The highest BCUT2D eigenvalue weighted by atomic mass is 16.5. The van der Waals surface area contributed by atoms with E-state index in [4.69, 9.17) is 14.6 Å². The van der Waals surface area contributed by atoms with Crippen molar-refractivity contribution in [3.63, 3.8) is 0 Å². The summed E-state index contributed by atoms with van der Waals surface area (Å²) in [6.45, 7) is 1.81. The average molecular weight is 369 g/mol. The minimum Gasteiger partial charge on any atom is -0.497 e. The van der Waals surface area contributed by atoms with Crippen molar-refractivity contribution in [2.24, 2.45) is 0 Å². The summed E-state index contributed by atoms with van der Waals surface area (Å²) >= 11 is 0. The molecule has 2 aliphatic rings. The molecule has 6 nitrogen and oxygen atoms in total. The average Bonchev–Trinajstić information content (AvgIpc) is 3.34. The summed E-state index contributed by atoms with van der Waals surface area (Å²) in [6.07, 6.45) is 6.22. The van der Waals surface area contributed by atoms with Crippen LogP contribution in [0.15, 0.2) is 24.3 Å². The van der Waals surface area contributed by atoms with Crippen LogP contribution in [0.1, 0.15) is 54.2 Å². The van der Waals surface area contributed by atoms with Gasteiger partial charge in [-0.25, -0.2) is 0 Å². The molecule has 1 aliphatic carbocycles. The molecule has 1 saturated carbocycles. The minimum atomic E-state index is -0.0100. The lowest BCUT2D eigenvalue weighted by molar-refractivity contribution is -0.120. The van der Waals surface area contributed by atoms with E-state index in [1.54, 1.807) is 7.11 Å². The van der Waals surface area contributed by atoms with Gasteiger partial charge in [-0.05, 0) is 30.5 Å². The van der Waals surface area contributed by atoms with Crippen molar-refractivity contribution in [2.45, 2.75) is 57.7 Å². The first kappa shape index (κ1) is 18.0. The third-order valence-electron chi connectivity index (χ3n) is 5.55. The molecule has 6 heteroatoms. The third kappa shape index (κ3) is 4.00. The van der Waals surface area contributed by atoms with E-state index in [9.17, 15) is 4.79 Å². The summed E-state index contributed by atoms with van der Waals surface area (Å²) in [5.74, 6) is 0.756. The number of hydrogen-bond donors (Lipinski definition) is 1. The lowest BCUT2D eigenvalue weighted by Gasteiger charge is -2.18. The van der Waals surface area contributed by atoms with Gasteiger partial charge in [-0.3, -0.25) is 9.48 Å². The fourth-order valence-electron chi connectivity index (χ4n) is 4.14. The van der Waals surface area contributed by atoms with Gasteiger partial charge in [0.05, 0.1) is 45.0 Å². The Kier molecular flexibility index (Phi) is 5.43. The van der Waals surface area contributed by atoms with E-state index in [0.29, 0.717) is 25.6 Å². The molecule has 0 saturated heterocycles. The number of nitrogens with one attached hydrogen (secondary N) is 1. The lowest BCUT2D eigenvalue weighted by Crippen LogP contribution is -2.25. The summed E-state index contributed by atoms with van der Waals surface area (Å²) in [7, 11) is 1.63. The minimum absolute atomic E-state index is 0.0100. The van der Waals surface area contributed by atoms with Crippen LogP contribution in [0.2, 0.25) is 0 Å². The van der Waals surface area contributed by atoms with Gasteiger partial charge < -0.3 is 14.8 Å². The summed E-state index contributed by atoms with van der Waals surface area (Å²) in [4.78, 5) is 12.4. The molecule has 0 spiro atoms. The molecule has 1 aromatic heterocycles. The van der Waals surface area contributed by atoms with Gasteiger partial charge in [0.15, 0.2) is 0 Å². The van der Waals surface area contributed by atoms with E-state index < -0.39 is 0 Å². The first-order valence-corrected chi connectivity index (χ1v) is 9.81. The Morgan fingerprint density at radius 2 is 2.22 bits per heavy atom. The smallest absolute Gasteiger partial charge is 0.224 e. The van der Waals surface area contributed by atoms with Gasteiger partial charge in [-0.2, -0.15) is 5.10 Å². The molecule has 2 heterocycles. The number of aromatic nitrogens is 2. The molecule has 144 valence electrons. The normalized spacial score (nSPS) is 16.9. The van der Waals surface area contributed by atoms with E-state index in [0.717, 1.165) is 30.0 Å². The Morgan fingerprint density at radius 1 is 1.37 bits per heavy atom.